The molecule has 3 N–H and O–H groups in total. The second kappa shape index (κ2) is 8.33. The largest absolute Gasteiger partial charge is 0.416 e. The predicted octanol–water partition coefficient (Wildman–Crippen LogP) is 2.48. The molecule has 1 aromatic carbocycles. The zero-order valence-electron chi connectivity index (χ0n) is 12.1. The number of benzene rings is 1. The molecule has 0 saturated heterocycles. The first-order valence-corrected chi connectivity index (χ1v) is 6.77. The summed E-state index contributed by atoms with van der Waals surface area (Å²) in [5.74, 6) is 5.47. The number of nitrogens with two attached hydrogens (primary N) is 1. The zero-order chi connectivity index (χ0) is 15.9. The van der Waals surface area contributed by atoms with E-state index >= 15 is 0 Å². The Bertz CT molecular complexity index is 421. The maximum absolute atomic E-state index is 12.7. The Kier molecular flexibility index (Phi) is 7.10. The summed E-state index contributed by atoms with van der Waals surface area (Å²) in [7, 11) is 0. The van der Waals surface area contributed by atoms with E-state index in [-0.39, 0.29) is 6.42 Å². The van der Waals surface area contributed by atoms with Crippen molar-refractivity contribution >= 4 is 0 Å². The maximum atomic E-state index is 12.7. The Labute approximate surface area is 122 Å². The molecule has 0 aliphatic rings. The fraction of sp³-hybridized carbons (Fsp3) is 0.571. The highest BCUT2D eigenvalue weighted by Gasteiger charge is 2.31. The molecule has 1 unspecified atom stereocenters. The third-order valence-electron chi connectivity index (χ3n) is 2.91. The number of hydrogen-bond donors (Lipinski definition) is 2. The summed E-state index contributed by atoms with van der Waals surface area (Å²) in [5, 5.41) is 0. The van der Waals surface area contributed by atoms with Crippen LogP contribution in [0.15, 0.2) is 24.3 Å². The minimum absolute atomic E-state index is 0.269. The van der Waals surface area contributed by atoms with Crippen LogP contribution in [-0.4, -0.2) is 25.5 Å². The van der Waals surface area contributed by atoms with Crippen LogP contribution in [0.3, 0.4) is 0 Å². The van der Waals surface area contributed by atoms with Crippen LogP contribution in [0.4, 0.5) is 13.2 Å². The van der Waals surface area contributed by atoms with Gasteiger partial charge in [0.25, 0.3) is 0 Å². The van der Waals surface area contributed by atoms with Crippen molar-refractivity contribution in [2.45, 2.75) is 38.8 Å². The molecule has 1 aromatic rings. The van der Waals surface area contributed by atoms with Gasteiger partial charge in [0, 0.05) is 13.2 Å². The minimum atomic E-state index is -4.36. The lowest BCUT2D eigenvalue weighted by Gasteiger charge is -2.26. The van der Waals surface area contributed by atoms with E-state index < -0.39 is 24.1 Å². The lowest BCUT2D eigenvalue weighted by molar-refractivity contribution is -0.153. The van der Waals surface area contributed by atoms with E-state index in [0.29, 0.717) is 18.8 Å². The number of alkyl halides is 3. The van der Waals surface area contributed by atoms with E-state index in [2.05, 4.69) is 5.43 Å². The van der Waals surface area contributed by atoms with Crippen molar-refractivity contribution in [3.05, 3.63) is 35.4 Å². The maximum Gasteiger partial charge on any atom is 0.416 e. The van der Waals surface area contributed by atoms with Crippen molar-refractivity contribution in [1.29, 1.82) is 0 Å². The molecule has 0 heterocycles. The van der Waals surface area contributed by atoms with Crippen molar-refractivity contribution in [2.24, 2.45) is 5.84 Å². The Balaban J connectivity index is 2.85. The van der Waals surface area contributed by atoms with Gasteiger partial charge in [-0.05, 0) is 31.9 Å². The molecule has 0 aliphatic carbocycles. The molecular formula is C14H21F3N2O2. The predicted molar refractivity (Wildman–Crippen MR) is 73.3 cm³/mol. The van der Waals surface area contributed by atoms with Gasteiger partial charge in [0.2, 0.25) is 0 Å². The second-order valence-corrected chi connectivity index (χ2v) is 4.45. The van der Waals surface area contributed by atoms with Crippen molar-refractivity contribution in [2.75, 3.05) is 13.2 Å². The van der Waals surface area contributed by atoms with Crippen LogP contribution in [0.2, 0.25) is 0 Å². The zero-order valence-corrected chi connectivity index (χ0v) is 12.1. The van der Waals surface area contributed by atoms with Crippen LogP contribution in [0.1, 0.15) is 25.0 Å². The fourth-order valence-electron chi connectivity index (χ4n) is 1.97. The third kappa shape index (κ3) is 5.62. The molecule has 120 valence electrons. The van der Waals surface area contributed by atoms with Gasteiger partial charge in [-0.1, -0.05) is 18.2 Å². The summed E-state index contributed by atoms with van der Waals surface area (Å²) in [5.41, 5.74) is 2.38. The standard InChI is InChI=1S/C14H21F3N2O2/c1-3-20-13(21-4-2)12(19-18)9-10-6-5-7-11(8-10)14(15,16)17/h5-8,12-13,19H,3-4,9,18H2,1-2H3. The van der Waals surface area contributed by atoms with E-state index in [0.717, 1.165) is 12.1 Å². The molecule has 0 amide bonds. The molecule has 0 saturated carbocycles. The third-order valence-corrected chi connectivity index (χ3v) is 2.91. The Morgan fingerprint density at radius 1 is 1.19 bits per heavy atom. The summed E-state index contributed by atoms with van der Waals surface area (Å²) in [6.45, 7) is 4.46. The number of halogens is 3. The highest BCUT2D eigenvalue weighted by atomic mass is 19.4. The average molecular weight is 306 g/mol. The molecule has 4 nitrogen and oxygen atoms in total. The Morgan fingerprint density at radius 2 is 1.81 bits per heavy atom. The van der Waals surface area contributed by atoms with Crippen LogP contribution < -0.4 is 11.3 Å². The highest BCUT2D eigenvalue weighted by molar-refractivity contribution is 5.26. The van der Waals surface area contributed by atoms with Gasteiger partial charge < -0.3 is 9.47 Å². The average Bonchev–Trinajstić information content (AvgIpc) is 2.44. The van der Waals surface area contributed by atoms with Gasteiger partial charge in [-0.25, -0.2) is 0 Å². The molecule has 1 rings (SSSR count). The van der Waals surface area contributed by atoms with Crippen LogP contribution in [0.25, 0.3) is 0 Å². The van der Waals surface area contributed by atoms with Gasteiger partial charge in [-0.2, -0.15) is 13.2 Å². The van der Waals surface area contributed by atoms with E-state index in [9.17, 15) is 13.2 Å². The lowest BCUT2D eigenvalue weighted by atomic mass is 10.0. The topological polar surface area (TPSA) is 56.5 Å². The Hall–Kier alpha value is -1.15. The van der Waals surface area contributed by atoms with E-state index in [1.54, 1.807) is 6.07 Å². The second-order valence-electron chi connectivity index (χ2n) is 4.45. The Morgan fingerprint density at radius 3 is 2.29 bits per heavy atom. The molecule has 0 fully saturated rings. The lowest BCUT2D eigenvalue weighted by Crippen LogP contribution is -2.48. The quantitative estimate of drug-likeness (QED) is 0.440. The molecule has 0 aliphatic heterocycles. The smallest absolute Gasteiger partial charge is 0.351 e. The van der Waals surface area contributed by atoms with Crippen molar-refractivity contribution in [3.8, 4) is 0 Å². The molecule has 0 spiro atoms. The number of ether oxygens (including phenoxy) is 2. The van der Waals surface area contributed by atoms with Crippen LogP contribution in [-0.2, 0) is 22.1 Å². The van der Waals surface area contributed by atoms with E-state index in [1.807, 2.05) is 13.8 Å². The van der Waals surface area contributed by atoms with Gasteiger partial charge >= 0.3 is 6.18 Å². The van der Waals surface area contributed by atoms with Crippen molar-refractivity contribution in [3.63, 3.8) is 0 Å². The van der Waals surface area contributed by atoms with Crippen molar-refractivity contribution < 1.29 is 22.6 Å². The molecule has 7 heteroatoms. The summed E-state index contributed by atoms with van der Waals surface area (Å²) >= 11 is 0. The van der Waals surface area contributed by atoms with Gasteiger partial charge in [0.05, 0.1) is 11.6 Å². The molecule has 21 heavy (non-hydrogen) atoms. The number of nitrogens with one attached hydrogen (secondary N) is 1. The SMILES string of the molecule is CCOC(OCC)C(Cc1cccc(C(F)(F)F)c1)NN. The molecule has 0 aromatic heterocycles. The number of rotatable bonds is 8. The molecule has 1 atom stereocenters. The van der Waals surface area contributed by atoms with Gasteiger partial charge in [-0.3, -0.25) is 11.3 Å². The van der Waals surface area contributed by atoms with Gasteiger partial charge in [0.15, 0.2) is 6.29 Å². The monoisotopic (exact) mass is 306 g/mol. The summed E-state index contributed by atoms with van der Waals surface area (Å²) < 4.78 is 48.9. The van der Waals surface area contributed by atoms with E-state index in [4.69, 9.17) is 15.3 Å². The summed E-state index contributed by atoms with van der Waals surface area (Å²) in [4.78, 5) is 0. The number of hydrazine groups is 1. The molecule has 0 radical (unpaired) electrons. The van der Waals surface area contributed by atoms with Gasteiger partial charge in [0.1, 0.15) is 0 Å². The normalized spacial score (nSPS) is 13.7. The summed E-state index contributed by atoms with van der Waals surface area (Å²) in [6, 6.07) is 4.71. The van der Waals surface area contributed by atoms with Crippen LogP contribution in [0.5, 0.6) is 0 Å². The van der Waals surface area contributed by atoms with Crippen LogP contribution >= 0.6 is 0 Å². The fourth-order valence-corrected chi connectivity index (χ4v) is 1.97. The first kappa shape index (κ1) is 17.9. The van der Waals surface area contributed by atoms with Crippen molar-refractivity contribution in [1.82, 2.24) is 5.43 Å². The first-order chi connectivity index (χ1) is 9.92. The molecule has 0 bridgehead atoms. The van der Waals surface area contributed by atoms with E-state index in [1.165, 1.54) is 6.07 Å². The number of hydrogen-bond acceptors (Lipinski definition) is 4. The minimum Gasteiger partial charge on any atom is -0.351 e. The van der Waals surface area contributed by atoms with Gasteiger partial charge in [-0.15, -0.1) is 0 Å². The summed E-state index contributed by atoms with van der Waals surface area (Å²) in [6.07, 6.45) is -4.70. The first-order valence-electron chi connectivity index (χ1n) is 6.77. The van der Waals surface area contributed by atoms with Crippen LogP contribution in [0, 0.1) is 0 Å². The molecular weight excluding hydrogens is 285 g/mol. The highest BCUT2D eigenvalue weighted by Crippen LogP contribution is 2.29.